The molecule has 10 heteroatoms. The van der Waals surface area contributed by atoms with Crippen molar-refractivity contribution in [2.24, 2.45) is 0 Å². The third-order valence-electron chi connectivity index (χ3n) is 5.44. The number of aromatic nitrogens is 1. The predicted octanol–water partition coefficient (Wildman–Crippen LogP) is 5.00. The second-order valence-electron chi connectivity index (χ2n) is 8.41. The van der Waals surface area contributed by atoms with Crippen LogP contribution in [-0.2, 0) is 16.6 Å². The number of anilines is 2. The van der Waals surface area contributed by atoms with Crippen molar-refractivity contribution in [3.63, 3.8) is 0 Å². The summed E-state index contributed by atoms with van der Waals surface area (Å²) in [4.78, 5) is 25.0. The highest BCUT2D eigenvalue weighted by Crippen LogP contribution is 2.25. The number of rotatable bonds is 7. The van der Waals surface area contributed by atoms with Gasteiger partial charge in [-0.1, -0.05) is 23.5 Å². The minimum Gasteiger partial charge on any atom is -0.322 e. The van der Waals surface area contributed by atoms with Crippen molar-refractivity contribution >= 4 is 48.9 Å². The molecule has 0 fully saturated rings. The van der Waals surface area contributed by atoms with E-state index in [2.05, 4.69) is 5.32 Å². The van der Waals surface area contributed by atoms with E-state index in [0.717, 1.165) is 27.8 Å². The first-order chi connectivity index (χ1) is 16.5. The topological polar surface area (TPSA) is 88.5 Å². The molecule has 3 aromatic carbocycles. The van der Waals surface area contributed by atoms with Gasteiger partial charge in [0.2, 0.25) is 10.0 Å². The summed E-state index contributed by atoms with van der Waals surface area (Å²) in [5.74, 6) is -0.767. The number of carbonyl (C=O) groups excluding carboxylic acids is 1. The zero-order valence-corrected chi connectivity index (χ0v) is 21.0. The van der Waals surface area contributed by atoms with Gasteiger partial charge < -0.3 is 5.32 Å². The number of nitrogens with one attached hydrogen (secondary N) is 1. The average molecular weight is 514 g/mol. The van der Waals surface area contributed by atoms with Crippen molar-refractivity contribution in [2.45, 2.75) is 26.4 Å². The van der Waals surface area contributed by atoms with Crippen LogP contribution in [0.3, 0.4) is 0 Å². The fourth-order valence-electron chi connectivity index (χ4n) is 3.74. The van der Waals surface area contributed by atoms with Crippen molar-refractivity contribution in [1.29, 1.82) is 0 Å². The summed E-state index contributed by atoms with van der Waals surface area (Å²) < 4.78 is 41.7. The Labute approximate surface area is 206 Å². The Morgan fingerprint density at radius 2 is 1.71 bits per heavy atom. The molecule has 0 aliphatic heterocycles. The van der Waals surface area contributed by atoms with E-state index in [1.54, 1.807) is 41.0 Å². The number of nitrogens with zero attached hydrogens (tertiary/aromatic N) is 2. The summed E-state index contributed by atoms with van der Waals surface area (Å²) >= 11 is 1.13. The molecular weight excluding hydrogens is 489 g/mol. The van der Waals surface area contributed by atoms with E-state index in [1.165, 1.54) is 28.6 Å². The van der Waals surface area contributed by atoms with Crippen LogP contribution >= 0.6 is 11.3 Å². The molecule has 182 valence electrons. The van der Waals surface area contributed by atoms with Crippen molar-refractivity contribution < 1.29 is 17.6 Å². The first-order valence-electron chi connectivity index (χ1n) is 10.8. The number of amides is 1. The van der Waals surface area contributed by atoms with E-state index < -0.39 is 15.8 Å². The summed E-state index contributed by atoms with van der Waals surface area (Å²) in [6, 6.07) is 17.1. The number of halogens is 1. The van der Waals surface area contributed by atoms with Gasteiger partial charge in [0.15, 0.2) is 0 Å². The zero-order chi connectivity index (χ0) is 25.3. The molecule has 35 heavy (non-hydrogen) atoms. The molecule has 4 aromatic rings. The van der Waals surface area contributed by atoms with Crippen LogP contribution in [0.1, 0.15) is 35.8 Å². The standard InChI is InChI=1S/C25H24FN3O4S2/c1-16(2)29-22-13-10-20(14-23(22)34-25(29)31)27-24(30)18-6-11-21(12-7-18)28(35(3,32)33)15-17-4-8-19(26)9-5-17/h4-14,16H,15H2,1-3H3,(H,27,30). The van der Waals surface area contributed by atoms with E-state index in [-0.39, 0.29) is 23.4 Å². The summed E-state index contributed by atoms with van der Waals surface area (Å²) in [6.07, 6.45) is 1.09. The summed E-state index contributed by atoms with van der Waals surface area (Å²) in [7, 11) is -3.62. The summed E-state index contributed by atoms with van der Waals surface area (Å²) in [6.45, 7) is 3.92. The second-order valence-corrected chi connectivity index (χ2v) is 11.3. The average Bonchev–Trinajstić information content (AvgIpc) is 3.13. The maximum absolute atomic E-state index is 13.2. The van der Waals surface area contributed by atoms with Crippen molar-refractivity contribution in [3.8, 4) is 0 Å². The molecule has 1 heterocycles. The number of benzene rings is 3. The maximum Gasteiger partial charge on any atom is 0.308 e. The van der Waals surface area contributed by atoms with Crippen molar-refractivity contribution in [3.05, 3.63) is 93.3 Å². The van der Waals surface area contributed by atoms with Crippen LogP contribution in [0, 0.1) is 5.82 Å². The summed E-state index contributed by atoms with van der Waals surface area (Å²) in [5.41, 5.74) is 2.73. The molecule has 0 bridgehead atoms. The Kier molecular flexibility index (Phi) is 6.77. The van der Waals surface area contributed by atoms with Gasteiger partial charge in [-0.2, -0.15) is 0 Å². The fourth-order valence-corrected chi connectivity index (χ4v) is 5.68. The largest absolute Gasteiger partial charge is 0.322 e. The fraction of sp³-hybridized carbons (Fsp3) is 0.200. The van der Waals surface area contributed by atoms with Gasteiger partial charge in [0.05, 0.1) is 28.7 Å². The molecule has 4 rings (SSSR count). The number of thiazole rings is 1. The smallest absolute Gasteiger partial charge is 0.308 e. The van der Waals surface area contributed by atoms with Gasteiger partial charge in [-0.3, -0.25) is 18.5 Å². The molecule has 1 aromatic heterocycles. The highest BCUT2D eigenvalue weighted by molar-refractivity contribution is 7.92. The van der Waals surface area contributed by atoms with Crippen LogP contribution in [-0.4, -0.2) is 25.1 Å². The molecule has 0 spiro atoms. The first-order valence-corrected chi connectivity index (χ1v) is 13.5. The monoisotopic (exact) mass is 513 g/mol. The Bertz CT molecular complexity index is 1540. The molecule has 0 saturated carbocycles. The highest BCUT2D eigenvalue weighted by Gasteiger charge is 2.19. The SMILES string of the molecule is CC(C)n1c(=O)sc2cc(NC(=O)c3ccc(N(Cc4ccc(F)cc4)S(C)(=O)=O)cc3)ccc21. The lowest BCUT2D eigenvalue weighted by Gasteiger charge is -2.22. The first kappa shape index (κ1) is 24.6. The summed E-state index contributed by atoms with van der Waals surface area (Å²) in [5, 5.41) is 2.82. The van der Waals surface area contributed by atoms with E-state index in [0.29, 0.717) is 22.5 Å². The second kappa shape index (κ2) is 9.63. The third kappa shape index (κ3) is 5.44. The van der Waals surface area contributed by atoms with Gasteiger partial charge in [0.1, 0.15) is 5.82 Å². The van der Waals surface area contributed by atoms with Gasteiger partial charge in [-0.15, -0.1) is 0 Å². The quantitative estimate of drug-likeness (QED) is 0.377. The van der Waals surface area contributed by atoms with E-state index in [1.807, 2.05) is 19.9 Å². The van der Waals surface area contributed by atoms with Crippen molar-refractivity contribution in [1.82, 2.24) is 4.57 Å². The zero-order valence-electron chi connectivity index (χ0n) is 19.4. The molecule has 0 radical (unpaired) electrons. The van der Waals surface area contributed by atoms with Crippen molar-refractivity contribution in [2.75, 3.05) is 15.9 Å². The number of sulfonamides is 1. The highest BCUT2D eigenvalue weighted by atomic mass is 32.2. The van der Waals surface area contributed by atoms with E-state index >= 15 is 0 Å². The molecule has 0 atom stereocenters. The molecule has 0 unspecified atom stereocenters. The number of fused-ring (bicyclic) bond motifs is 1. The molecule has 1 N–H and O–H groups in total. The lowest BCUT2D eigenvalue weighted by molar-refractivity contribution is 0.102. The van der Waals surface area contributed by atoms with Crippen LogP contribution in [0.2, 0.25) is 0 Å². The lowest BCUT2D eigenvalue weighted by atomic mass is 10.1. The Balaban J connectivity index is 1.53. The van der Waals surface area contributed by atoms with Crippen LogP contribution in [0.4, 0.5) is 15.8 Å². The van der Waals surface area contributed by atoms with Gasteiger partial charge in [0, 0.05) is 17.3 Å². The molecule has 1 amide bonds. The van der Waals surface area contributed by atoms with Gasteiger partial charge >= 0.3 is 4.87 Å². The lowest BCUT2D eigenvalue weighted by Crippen LogP contribution is -2.29. The van der Waals surface area contributed by atoms with E-state index in [4.69, 9.17) is 0 Å². The molecular formula is C25H24FN3O4S2. The van der Waals surface area contributed by atoms with Gasteiger partial charge in [-0.25, -0.2) is 12.8 Å². The van der Waals surface area contributed by atoms with Crippen LogP contribution < -0.4 is 14.5 Å². The minimum absolute atomic E-state index is 0.0313. The number of hydrogen-bond acceptors (Lipinski definition) is 5. The third-order valence-corrected chi connectivity index (χ3v) is 7.50. The molecule has 0 aliphatic rings. The number of carbonyl (C=O) groups is 1. The Hall–Kier alpha value is -3.50. The minimum atomic E-state index is -3.62. The molecule has 0 aliphatic carbocycles. The van der Waals surface area contributed by atoms with Gasteiger partial charge in [0.25, 0.3) is 5.91 Å². The normalized spacial score (nSPS) is 11.7. The Morgan fingerprint density at radius 3 is 2.31 bits per heavy atom. The van der Waals surface area contributed by atoms with Crippen LogP contribution in [0.25, 0.3) is 10.2 Å². The van der Waals surface area contributed by atoms with Crippen LogP contribution in [0.15, 0.2) is 71.5 Å². The van der Waals surface area contributed by atoms with E-state index in [9.17, 15) is 22.4 Å². The Morgan fingerprint density at radius 1 is 1.06 bits per heavy atom. The maximum atomic E-state index is 13.2. The van der Waals surface area contributed by atoms with Gasteiger partial charge in [-0.05, 0) is 74.0 Å². The van der Waals surface area contributed by atoms with Crippen LogP contribution in [0.5, 0.6) is 0 Å². The molecule has 0 saturated heterocycles. The molecule has 7 nitrogen and oxygen atoms in total. The number of hydrogen-bond donors (Lipinski definition) is 1. The predicted molar refractivity (Wildman–Crippen MR) is 138 cm³/mol.